The number of aryl methyl sites for hydroxylation is 2. The third-order valence-electron chi connectivity index (χ3n) is 5.49. The Bertz CT molecular complexity index is 1240. The summed E-state index contributed by atoms with van der Waals surface area (Å²) in [5, 5.41) is 10.3. The highest BCUT2D eigenvalue weighted by molar-refractivity contribution is 7.99. The van der Waals surface area contributed by atoms with Gasteiger partial charge in [-0.25, -0.2) is 4.98 Å². The molecule has 8 heteroatoms. The molecule has 4 rings (SSSR count). The van der Waals surface area contributed by atoms with Crippen LogP contribution in [0.5, 0.6) is 0 Å². The molecule has 2 heterocycles. The molecule has 1 aliphatic carbocycles. The second-order valence-electron chi connectivity index (χ2n) is 7.57. The predicted molar refractivity (Wildman–Crippen MR) is 130 cm³/mol. The normalized spacial score (nSPS) is 12.8. The van der Waals surface area contributed by atoms with E-state index in [0.29, 0.717) is 18.2 Å². The summed E-state index contributed by atoms with van der Waals surface area (Å²) in [5.74, 6) is 0.00182. The molecular formula is C24H24N4O2S2. The summed E-state index contributed by atoms with van der Waals surface area (Å²) in [6.07, 6.45) is 6.11. The quantitative estimate of drug-likeness (QED) is 0.277. The first-order valence-corrected chi connectivity index (χ1v) is 12.5. The van der Waals surface area contributed by atoms with E-state index in [2.05, 4.69) is 12.6 Å². The maximum atomic E-state index is 13.4. The number of anilines is 1. The molecule has 1 amide bonds. The predicted octanol–water partition coefficient (Wildman–Crippen LogP) is 4.56. The van der Waals surface area contributed by atoms with Crippen molar-refractivity contribution >= 4 is 44.9 Å². The average molecular weight is 465 g/mol. The molecule has 0 spiro atoms. The number of allylic oxidation sites excluding steroid dienone is 1. The maximum absolute atomic E-state index is 13.4. The van der Waals surface area contributed by atoms with E-state index < -0.39 is 0 Å². The minimum Gasteiger partial charge on any atom is -0.311 e. The van der Waals surface area contributed by atoms with Gasteiger partial charge in [-0.15, -0.1) is 17.9 Å². The highest BCUT2D eigenvalue weighted by Gasteiger charge is 2.23. The number of hydrogen-bond donors (Lipinski definition) is 0. The number of nitriles is 1. The number of para-hydroxylation sites is 1. The Morgan fingerprint density at radius 3 is 2.84 bits per heavy atom. The van der Waals surface area contributed by atoms with Gasteiger partial charge in [-0.05, 0) is 43.4 Å². The molecule has 1 aromatic carbocycles. The number of carbonyl (C=O) groups is 1. The number of amides is 1. The van der Waals surface area contributed by atoms with Gasteiger partial charge in [-0.2, -0.15) is 5.26 Å². The molecule has 0 saturated heterocycles. The fourth-order valence-corrected chi connectivity index (χ4v) is 6.18. The Kier molecular flexibility index (Phi) is 7.08. The molecule has 0 saturated carbocycles. The van der Waals surface area contributed by atoms with Crippen LogP contribution >= 0.6 is 23.1 Å². The summed E-state index contributed by atoms with van der Waals surface area (Å²) in [5.41, 5.74) is 1.87. The Morgan fingerprint density at radius 1 is 1.31 bits per heavy atom. The van der Waals surface area contributed by atoms with Crippen molar-refractivity contribution in [1.29, 1.82) is 5.26 Å². The van der Waals surface area contributed by atoms with Gasteiger partial charge in [0, 0.05) is 23.7 Å². The van der Waals surface area contributed by atoms with Gasteiger partial charge < -0.3 is 4.90 Å². The number of hydrogen-bond acceptors (Lipinski definition) is 6. The van der Waals surface area contributed by atoms with E-state index in [4.69, 9.17) is 10.2 Å². The summed E-state index contributed by atoms with van der Waals surface area (Å²) in [6.45, 7) is 4.46. The molecule has 32 heavy (non-hydrogen) atoms. The summed E-state index contributed by atoms with van der Waals surface area (Å²) in [6, 6.07) is 11.4. The monoisotopic (exact) mass is 464 g/mol. The van der Waals surface area contributed by atoms with Crippen LogP contribution in [0.4, 0.5) is 5.69 Å². The number of thiophene rings is 1. The molecule has 0 radical (unpaired) electrons. The van der Waals surface area contributed by atoms with Crippen molar-refractivity contribution in [1.82, 2.24) is 9.55 Å². The van der Waals surface area contributed by atoms with Crippen LogP contribution < -0.4 is 10.5 Å². The lowest BCUT2D eigenvalue weighted by molar-refractivity contribution is -0.116. The third kappa shape index (κ3) is 4.50. The fourth-order valence-electron chi connectivity index (χ4n) is 3.99. The SMILES string of the molecule is C=CCn1c(SCC(=O)N(CCC#N)c2ccccc2)nc2sc3c(c2c1=O)CCCC3. The largest absolute Gasteiger partial charge is 0.311 e. The molecule has 0 atom stereocenters. The Hall–Kier alpha value is -2.89. The second kappa shape index (κ2) is 10.2. The molecule has 0 aliphatic heterocycles. The van der Waals surface area contributed by atoms with Gasteiger partial charge in [-0.1, -0.05) is 36.0 Å². The maximum Gasteiger partial charge on any atom is 0.263 e. The minimum absolute atomic E-state index is 0.0476. The number of benzene rings is 1. The zero-order valence-corrected chi connectivity index (χ0v) is 19.4. The van der Waals surface area contributed by atoms with Crippen LogP contribution in [-0.4, -0.2) is 27.8 Å². The Labute approximate surface area is 195 Å². The molecule has 1 aliphatic rings. The van der Waals surface area contributed by atoms with Crippen molar-refractivity contribution in [2.75, 3.05) is 17.2 Å². The molecule has 164 valence electrons. The molecule has 6 nitrogen and oxygen atoms in total. The second-order valence-corrected chi connectivity index (χ2v) is 9.59. The lowest BCUT2D eigenvalue weighted by Gasteiger charge is -2.21. The third-order valence-corrected chi connectivity index (χ3v) is 7.64. The van der Waals surface area contributed by atoms with Gasteiger partial charge in [0.1, 0.15) is 4.83 Å². The van der Waals surface area contributed by atoms with Gasteiger partial charge >= 0.3 is 0 Å². The van der Waals surface area contributed by atoms with Crippen LogP contribution in [0.3, 0.4) is 0 Å². The van der Waals surface area contributed by atoms with Gasteiger partial charge in [0.05, 0.1) is 23.6 Å². The highest BCUT2D eigenvalue weighted by atomic mass is 32.2. The van der Waals surface area contributed by atoms with Crippen molar-refractivity contribution in [2.24, 2.45) is 0 Å². The van der Waals surface area contributed by atoms with Crippen LogP contribution in [0.1, 0.15) is 29.7 Å². The number of nitrogens with zero attached hydrogens (tertiary/aromatic N) is 4. The summed E-state index contributed by atoms with van der Waals surface area (Å²) in [7, 11) is 0. The first kappa shape index (κ1) is 22.3. The topological polar surface area (TPSA) is 79.0 Å². The van der Waals surface area contributed by atoms with Gasteiger partial charge in [0.2, 0.25) is 5.91 Å². The summed E-state index contributed by atoms with van der Waals surface area (Å²) in [4.78, 5) is 34.9. The van der Waals surface area contributed by atoms with Crippen LogP contribution in [0.25, 0.3) is 10.2 Å². The zero-order chi connectivity index (χ0) is 22.5. The van der Waals surface area contributed by atoms with E-state index in [1.54, 1.807) is 26.9 Å². The summed E-state index contributed by atoms with van der Waals surface area (Å²) < 4.78 is 1.62. The van der Waals surface area contributed by atoms with Crippen molar-refractivity contribution in [3.8, 4) is 6.07 Å². The van der Waals surface area contributed by atoms with Crippen LogP contribution in [0.15, 0.2) is 52.9 Å². The van der Waals surface area contributed by atoms with Gasteiger partial charge in [0.25, 0.3) is 5.56 Å². The molecule has 2 aromatic heterocycles. The fraction of sp³-hybridized carbons (Fsp3) is 0.333. The molecule has 3 aromatic rings. The lowest BCUT2D eigenvalue weighted by Crippen LogP contribution is -2.33. The molecule has 0 bridgehead atoms. The average Bonchev–Trinajstić information content (AvgIpc) is 3.19. The Morgan fingerprint density at radius 2 is 2.09 bits per heavy atom. The first-order valence-electron chi connectivity index (χ1n) is 10.6. The molecular weight excluding hydrogens is 440 g/mol. The van der Waals surface area contributed by atoms with E-state index in [1.807, 2.05) is 30.3 Å². The highest BCUT2D eigenvalue weighted by Crippen LogP contribution is 2.34. The number of thioether (sulfide) groups is 1. The van der Waals surface area contributed by atoms with E-state index in [0.717, 1.165) is 47.2 Å². The number of aromatic nitrogens is 2. The molecule has 0 fully saturated rings. The zero-order valence-electron chi connectivity index (χ0n) is 17.7. The van der Waals surface area contributed by atoms with Crippen molar-refractivity contribution in [2.45, 2.75) is 43.8 Å². The van der Waals surface area contributed by atoms with Gasteiger partial charge in [-0.3, -0.25) is 14.2 Å². The smallest absolute Gasteiger partial charge is 0.263 e. The van der Waals surface area contributed by atoms with Crippen LogP contribution in [0, 0.1) is 11.3 Å². The first-order chi connectivity index (χ1) is 15.6. The van der Waals surface area contributed by atoms with Crippen molar-refractivity contribution < 1.29 is 4.79 Å². The number of carbonyl (C=O) groups excluding carboxylic acids is 1. The number of rotatable bonds is 8. The molecule has 0 unspecified atom stereocenters. The molecule has 0 N–H and O–H groups in total. The lowest BCUT2D eigenvalue weighted by atomic mass is 9.97. The van der Waals surface area contributed by atoms with E-state index >= 15 is 0 Å². The van der Waals surface area contributed by atoms with Crippen LogP contribution in [-0.2, 0) is 24.2 Å². The van der Waals surface area contributed by atoms with E-state index in [-0.39, 0.29) is 23.6 Å². The number of fused-ring (bicyclic) bond motifs is 3. The van der Waals surface area contributed by atoms with E-state index in [1.165, 1.54) is 16.6 Å². The standard InChI is InChI=1S/C24H24N4O2S2/c1-2-14-28-23(30)21-18-11-6-7-12-19(18)32-22(21)26-24(28)31-16-20(29)27(15-8-13-25)17-9-4-3-5-10-17/h2-5,9-10H,1,6-8,11-12,14-16H2. The Balaban J connectivity index is 1.63. The van der Waals surface area contributed by atoms with Gasteiger partial charge in [0.15, 0.2) is 5.16 Å². The van der Waals surface area contributed by atoms with E-state index in [9.17, 15) is 9.59 Å². The van der Waals surface area contributed by atoms with Crippen molar-refractivity contribution in [3.63, 3.8) is 0 Å². The van der Waals surface area contributed by atoms with Crippen molar-refractivity contribution in [3.05, 3.63) is 63.8 Å². The van der Waals surface area contributed by atoms with Crippen LogP contribution in [0.2, 0.25) is 0 Å². The minimum atomic E-state index is -0.124. The summed E-state index contributed by atoms with van der Waals surface area (Å²) >= 11 is 2.87.